The molecule has 0 amide bonds. The van der Waals surface area contributed by atoms with Crippen LogP contribution in [0.3, 0.4) is 0 Å². The fourth-order valence-electron chi connectivity index (χ4n) is 1.77. The maximum absolute atomic E-state index is 5.57. The fraction of sp³-hybridized carbons (Fsp3) is 0.600. The summed E-state index contributed by atoms with van der Waals surface area (Å²) in [4.78, 5) is 10.9. The number of aromatic nitrogens is 2. The molecule has 1 aromatic rings. The molecular formula is C10H16N4. The van der Waals surface area contributed by atoms with E-state index in [4.69, 9.17) is 5.73 Å². The molecule has 1 saturated heterocycles. The van der Waals surface area contributed by atoms with E-state index in [0.717, 1.165) is 37.0 Å². The van der Waals surface area contributed by atoms with Gasteiger partial charge in [0.05, 0.1) is 0 Å². The van der Waals surface area contributed by atoms with Gasteiger partial charge in [0, 0.05) is 30.8 Å². The summed E-state index contributed by atoms with van der Waals surface area (Å²) in [5.41, 5.74) is 6.61. The molecule has 4 nitrogen and oxygen atoms in total. The zero-order chi connectivity index (χ0) is 10.1. The number of hydrogen-bond acceptors (Lipinski definition) is 4. The van der Waals surface area contributed by atoms with Gasteiger partial charge in [-0.2, -0.15) is 0 Å². The van der Waals surface area contributed by atoms with Crippen molar-refractivity contribution in [3.63, 3.8) is 0 Å². The lowest BCUT2D eigenvalue weighted by atomic mass is 10.0. The predicted molar refractivity (Wildman–Crippen MR) is 56.3 cm³/mol. The van der Waals surface area contributed by atoms with Gasteiger partial charge in [0.15, 0.2) is 0 Å². The second-order valence-corrected chi connectivity index (χ2v) is 3.92. The van der Waals surface area contributed by atoms with Crippen LogP contribution in [0.25, 0.3) is 0 Å². The first-order valence-electron chi connectivity index (χ1n) is 4.96. The molecule has 14 heavy (non-hydrogen) atoms. The fourth-order valence-corrected chi connectivity index (χ4v) is 1.77. The summed E-state index contributed by atoms with van der Waals surface area (Å²) < 4.78 is 0. The van der Waals surface area contributed by atoms with E-state index >= 15 is 0 Å². The third-order valence-corrected chi connectivity index (χ3v) is 2.57. The lowest BCUT2D eigenvalue weighted by molar-refractivity contribution is 0.416. The van der Waals surface area contributed by atoms with Crippen molar-refractivity contribution in [2.24, 2.45) is 11.7 Å². The van der Waals surface area contributed by atoms with Gasteiger partial charge in [-0.05, 0) is 20.4 Å². The normalized spacial score (nSPS) is 16.9. The summed E-state index contributed by atoms with van der Waals surface area (Å²) in [7, 11) is 0. The van der Waals surface area contributed by atoms with Gasteiger partial charge in [-0.1, -0.05) is 0 Å². The average molecular weight is 192 g/mol. The van der Waals surface area contributed by atoms with Crippen LogP contribution < -0.4 is 10.6 Å². The first-order chi connectivity index (χ1) is 6.69. The van der Waals surface area contributed by atoms with Gasteiger partial charge >= 0.3 is 0 Å². The van der Waals surface area contributed by atoms with E-state index in [0.29, 0.717) is 5.92 Å². The Morgan fingerprint density at radius 3 is 2.71 bits per heavy atom. The summed E-state index contributed by atoms with van der Waals surface area (Å²) in [6, 6.07) is 2.03. The van der Waals surface area contributed by atoms with Crippen LogP contribution in [0.5, 0.6) is 0 Å². The van der Waals surface area contributed by atoms with E-state index in [1.807, 2.05) is 19.9 Å². The van der Waals surface area contributed by atoms with Gasteiger partial charge in [-0.3, -0.25) is 0 Å². The van der Waals surface area contributed by atoms with E-state index in [2.05, 4.69) is 14.9 Å². The number of nitrogens with two attached hydrogens (primary N) is 1. The van der Waals surface area contributed by atoms with Crippen LogP contribution in [0.4, 0.5) is 5.82 Å². The molecule has 0 bridgehead atoms. The largest absolute Gasteiger partial charge is 0.356 e. The molecule has 76 valence electrons. The topological polar surface area (TPSA) is 55.0 Å². The van der Waals surface area contributed by atoms with Crippen molar-refractivity contribution in [2.45, 2.75) is 13.8 Å². The highest BCUT2D eigenvalue weighted by atomic mass is 15.2. The highest BCUT2D eigenvalue weighted by Crippen LogP contribution is 2.22. The van der Waals surface area contributed by atoms with Gasteiger partial charge in [-0.15, -0.1) is 0 Å². The monoisotopic (exact) mass is 192 g/mol. The zero-order valence-electron chi connectivity index (χ0n) is 8.70. The van der Waals surface area contributed by atoms with E-state index in [9.17, 15) is 0 Å². The summed E-state index contributed by atoms with van der Waals surface area (Å²) >= 11 is 0. The van der Waals surface area contributed by atoms with Crippen molar-refractivity contribution in [1.29, 1.82) is 0 Å². The Morgan fingerprint density at radius 2 is 2.14 bits per heavy atom. The van der Waals surface area contributed by atoms with Gasteiger partial charge in [0.25, 0.3) is 0 Å². The van der Waals surface area contributed by atoms with Crippen LogP contribution in [-0.2, 0) is 0 Å². The molecular weight excluding hydrogens is 176 g/mol. The molecule has 0 unspecified atom stereocenters. The van der Waals surface area contributed by atoms with Crippen molar-refractivity contribution in [2.75, 3.05) is 24.5 Å². The Hall–Kier alpha value is -1.16. The minimum atomic E-state index is 0.644. The third-order valence-electron chi connectivity index (χ3n) is 2.57. The summed E-state index contributed by atoms with van der Waals surface area (Å²) in [6.07, 6.45) is 0. The van der Waals surface area contributed by atoms with Crippen molar-refractivity contribution >= 4 is 5.82 Å². The van der Waals surface area contributed by atoms with Gasteiger partial charge in [0.1, 0.15) is 11.6 Å². The van der Waals surface area contributed by atoms with E-state index in [1.54, 1.807) is 0 Å². The van der Waals surface area contributed by atoms with Crippen molar-refractivity contribution < 1.29 is 0 Å². The van der Waals surface area contributed by atoms with E-state index in [-0.39, 0.29) is 0 Å². The second-order valence-electron chi connectivity index (χ2n) is 3.92. The molecule has 1 aliphatic rings. The molecule has 4 heteroatoms. The Kier molecular flexibility index (Phi) is 2.37. The number of aryl methyl sites for hydroxylation is 2. The maximum atomic E-state index is 5.57. The number of rotatable bonds is 2. The molecule has 2 rings (SSSR count). The molecule has 0 aliphatic carbocycles. The van der Waals surface area contributed by atoms with Gasteiger partial charge in [0.2, 0.25) is 0 Å². The van der Waals surface area contributed by atoms with Crippen LogP contribution in [0.1, 0.15) is 11.5 Å². The highest BCUT2D eigenvalue weighted by molar-refractivity contribution is 5.42. The second kappa shape index (κ2) is 3.53. The maximum Gasteiger partial charge on any atom is 0.132 e. The standard InChI is InChI=1S/C10H16N4/c1-7-3-10(13-8(2)12-7)14-5-9(4-11)6-14/h3,9H,4-6,11H2,1-2H3. The molecule has 1 aromatic heterocycles. The number of hydrogen-bond donors (Lipinski definition) is 1. The third kappa shape index (κ3) is 1.70. The van der Waals surface area contributed by atoms with Crippen LogP contribution >= 0.6 is 0 Å². The Balaban J connectivity index is 2.10. The lowest BCUT2D eigenvalue weighted by Crippen LogP contribution is -2.50. The summed E-state index contributed by atoms with van der Waals surface area (Å²) in [5.74, 6) is 2.53. The molecule has 0 aromatic carbocycles. The Bertz CT molecular complexity index is 311. The molecule has 0 saturated carbocycles. The van der Waals surface area contributed by atoms with Crippen molar-refractivity contribution in [3.8, 4) is 0 Å². The smallest absolute Gasteiger partial charge is 0.132 e. The van der Waals surface area contributed by atoms with Crippen molar-refractivity contribution in [1.82, 2.24) is 9.97 Å². The molecule has 1 aliphatic heterocycles. The number of nitrogens with zero attached hydrogens (tertiary/aromatic N) is 3. The molecule has 0 radical (unpaired) electrons. The first kappa shape index (κ1) is 9.40. The molecule has 2 N–H and O–H groups in total. The molecule has 2 heterocycles. The highest BCUT2D eigenvalue weighted by Gasteiger charge is 2.26. The minimum absolute atomic E-state index is 0.644. The Morgan fingerprint density at radius 1 is 1.43 bits per heavy atom. The quantitative estimate of drug-likeness (QED) is 0.741. The SMILES string of the molecule is Cc1cc(N2CC(CN)C2)nc(C)n1. The Labute approximate surface area is 84.2 Å². The molecule has 0 spiro atoms. The van der Waals surface area contributed by atoms with E-state index in [1.165, 1.54) is 0 Å². The van der Waals surface area contributed by atoms with Crippen LogP contribution in [0.2, 0.25) is 0 Å². The van der Waals surface area contributed by atoms with Gasteiger partial charge in [-0.25, -0.2) is 9.97 Å². The first-order valence-corrected chi connectivity index (χ1v) is 4.96. The van der Waals surface area contributed by atoms with Crippen molar-refractivity contribution in [3.05, 3.63) is 17.6 Å². The summed E-state index contributed by atoms with van der Waals surface area (Å²) in [6.45, 7) is 6.77. The molecule has 0 atom stereocenters. The average Bonchev–Trinajstić information content (AvgIpc) is 2.00. The zero-order valence-corrected chi connectivity index (χ0v) is 8.70. The molecule has 1 fully saturated rings. The van der Waals surface area contributed by atoms with Gasteiger partial charge < -0.3 is 10.6 Å². The minimum Gasteiger partial charge on any atom is -0.356 e. The predicted octanol–water partition coefficient (Wildman–Crippen LogP) is 0.488. The van der Waals surface area contributed by atoms with Crippen LogP contribution in [0, 0.1) is 19.8 Å². The van der Waals surface area contributed by atoms with Crippen LogP contribution in [-0.4, -0.2) is 29.6 Å². The lowest BCUT2D eigenvalue weighted by Gasteiger charge is -2.39. The van der Waals surface area contributed by atoms with Crippen LogP contribution in [0.15, 0.2) is 6.07 Å². The summed E-state index contributed by atoms with van der Waals surface area (Å²) in [5, 5.41) is 0. The van der Waals surface area contributed by atoms with E-state index < -0.39 is 0 Å². The number of anilines is 1.